The molecular formula is C23H23FN2O2. The molecule has 0 radical (unpaired) electrons. The number of ether oxygens (including phenoxy) is 1. The van der Waals surface area contributed by atoms with E-state index in [1.54, 1.807) is 25.3 Å². The Morgan fingerprint density at radius 1 is 1.14 bits per heavy atom. The summed E-state index contributed by atoms with van der Waals surface area (Å²) >= 11 is 0. The summed E-state index contributed by atoms with van der Waals surface area (Å²) in [5.41, 5.74) is 5.55. The molecule has 0 bridgehead atoms. The van der Waals surface area contributed by atoms with Gasteiger partial charge in [-0.3, -0.25) is 0 Å². The number of hydrogen-bond acceptors (Lipinski definition) is 3. The summed E-state index contributed by atoms with van der Waals surface area (Å²) in [5, 5.41) is 4.18. The highest BCUT2D eigenvalue weighted by Crippen LogP contribution is 2.31. The molecule has 0 N–H and O–H groups in total. The number of benzene rings is 2. The van der Waals surface area contributed by atoms with Gasteiger partial charge in [0.15, 0.2) is 0 Å². The Bertz CT molecular complexity index is 987. The molecule has 0 saturated carbocycles. The minimum atomic E-state index is -0.265. The summed E-state index contributed by atoms with van der Waals surface area (Å²) in [6, 6.07) is 16.3. The zero-order valence-corrected chi connectivity index (χ0v) is 16.3. The molecule has 0 spiro atoms. The Kier molecular flexibility index (Phi) is 5.94. The molecule has 28 heavy (non-hydrogen) atoms. The Balaban J connectivity index is 2.15. The monoisotopic (exact) mass is 378 g/mol. The summed E-state index contributed by atoms with van der Waals surface area (Å²) in [7, 11) is 1.64. The second-order valence-corrected chi connectivity index (χ2v) is 6.33. The zero-order valence-electron chi connectivity index (χ0n) is 16.3. The third-order valence-electron chi connectivity index (χ3n) is 4.50. The van der Waals surface area contributed by atoms with Crippen molar-refractivity contribution in [3.63, 3.8) is 0 Å². The molecule has 0 aliphatic rings. The van der Waals surface area contributed by atoms with E-state index in [2.05, 4.69) is 16.3 Å². The number of oxime groups is 1. The lowest BCUT2D eigenvalue weighted by molar-refractivity contribution is 0.175. The normalized spacial score (nSPS) is 11.4. The molecule has 0 amide bonds. The van der Waals surface area contributed by atoms with Crippen molar-refractivity contribution in [1.29, 1.82) is 0 Å². The van der Waals surface area contributed by atoms with Crippen LogP contribution in [0.4, 0.5) is 4.39 Å². The maximum absolute atomic E-state index is 13.4. The minimum Gasteiger partial charge on any atom is -0.497 e. The summed E-state index contributed by atoms with van der Waals surface area (Å²) in [6.45, 7) is 7.90. The van der Waals surface area contributed by atoms with Gasteiger partial charge in [-0.05, 0) is 74.0 Å². The van der Waals surface area contributed by atoms with Gasteiger partial charge in [-0.2, -0.15) is 0 Å². The van der Waals surface area contributed by atoms with Crippen molar-refractivity contribution in [2.45, 2.75) is 13.8 Å². The van der Waals surface area contributed by atoms with Gasteiger partial charge in [0.1, 0.15) is 18.2 Å². The summed E-state index contributed by atoms with van der Waals surface area (Å²) < 4.78 is 20.8. The standard InChI is InChI=1S/C23H23FN2O2/c1-5-14-28-25-16(2)22-15-23(18-6-8-19(24)9-7-18)26(17(22)3)20-10-12-21(27-4)13-11-20/h5-13,15H,1,14H2,2-4H3/b25-16+. The summed E-state index contributed by atoms with van der Waals surface area (Å²) in [6.07, 6.45) is 1.65. The number of nitrogens with zero attached hydrogens (tertiary/aromatic N) is 2. The number of hydrogen-bond donors (Lipinski definition) is 0. The Hall–Kier alpha value is -3.34. The van der Waals surface area contributed by atoms with E-state index in [1.165, 1.54) is 12.1 Å². The molecule has 0 saturated heterocycles. The van der Waals surface area contributed by atoms with Crippen LogP contribution in [0, 0.1) is 12.7 Å². The lowest BCUT2D eigenvalue weighted by Crippen LogP contribution is -2.02. The van der Waals surface area contributed by atoms with E-state index >= 15 is 0 Å². The topological polar surface area (TPSA) is 35.8 Å². The van der Waals surface area contributed by atoms with E-state index in [0.717, 1.165) is 39.7 Å². The maximum atomic E-state index is 13.4. The lowest BCUT2D eigenvalue weighted by Gasteiger charge is -2.13. The maximum Gasteiger partial charge on any atom is 0.135 e. The van der Waals surface area contributed by atoms with Crippen molar-refractivity contribution in [3.05, 3.63) is 84.3 Å². The number of methoxy groups -OCH3 is 1. The van der Waals surface area contributed by atoms with Crippen molar-refractivity contribution in [2.75, 3.05) is 13.7 Å². The van der Waals surface area contributed by atoms with Crippen LogP contribution in [0.3, 0.4) is 0 Å². The predicted octanol–water partition coefficient (Wildman–Crippen LogP) is 5.53. The smallest absolute Gasteiger partial charge is 0.135 e. The summed E-state index contributed by atoms with van der Waals surface area (Å²) in [5.74, 6) is 0.520. The Morgan fingerprint density at radius 3 is 2.43 bits per heavy atom. The highest BCUT2D eigenvalue weighted by Gasteiger charge is 2.17. The van der Waals surface area contributed by atoms with Gasteiger partial charge in [-0.25, -0.2) is 4.39 Å². The van der Waals surface area contributed by atoms with E-state index in [1.807, 2.05) is 44.2 Å². The summed E-state index contributed by atoms with van der Waals surface area (Å²) in [4.78, 5) is 5.26. The fraction of sp³-hybridized carbons (Fsp3) is 0.174. The van der Waals surface area contributed by atoms with Crippen LogP contribution in [0.2, 0.25) is 0 Å². The fourth-order valence-corrected chi connectivity index (χ4v) is 3.11. The van der Waals surface area contributed by atoms with Crippen molar-refractivity contribution in [3.8, 4) is 22.7 Å². The van der Waals surface area contributed by atoms with Gasteiger partial charge in [0.25, 0.3) is 0 Å². The Morgan fingerprint density at radius 2 is 1.82 bits per heavy atom. The first kappa shape index (κ1) is 19.4. The molecule has 0 aliphatic heterocycles. The van der Waals surface area contributed by atoms with Crippen LogP contribution < -0.4 is 4.74 Å². The van der Waals surface area contributed by atoms with E-state index in [0.29, 0.717) is 6.61 Å². The highest BCUT2D eigenvalue weighted by molar-refractivity contribution is 6.01. The molecule has 0 aliphatic carbocycles. The largest absolute Gasteiger partial charge is 0.497 e. The molecule has 144 valence electrons. The van der Waals surface area contributed by atoms with E-state index < -0.39 is 0 Å². The first-order valence-electron chi connectivity index (χ1n) is 8.95. The molecule has 2 aromatic carbocycles. The van der Waals surface area contributed by atoms with Crippen LogP contribution in [0.1, 0.15) is 18.2 Å². The SMILES string of the molecule is C=CCO/N=C(\C)c1cc(-c2ccc(F)cc2)n(-c2ccc(OC)cc2)c1C. The average molecular weight is 378 g/mol. The molecule has 3 rings (SSSR count). The average Bonchev–Trinajstić information content (AvgIpc) is 3.06. The van der Waals surface area contributed by atoms with Gasteiger partial charge >= 0.3 is 0 Å². The number of aromatic nitrogens is 1. The zero-order chi connectivity index (χ0) is 20.1. The third-order valence-corrected chi connectivity index (χ3v) is 4.50. The van der Waals surface area contributed by atoms with Gasteiger partial charge in [0.05, 0.1) is 18.5 Å². The highest BCUT2D eigenvalue weighted by atomic mass is 19.1. The van der Waals surface area contributed by atoms with Crippen LogP contribution in [0.15, 0.2) is 72.4 Å². The fourth-order valence-electron chi connectivity index (χ4n) is 3.11. The van der Waals surface area contributed by atoms with Crippen LogP contribution in [0.5, 0.6) is 5.75 Å². The van der Waals surface area contributed by atoms with Crippen LogP contribution in [0.25, 0.3) is 16.9 Å². The van der Waals surface area contributed by atoms with Gasteiger partial charge in [0, 0.05) is 16.9 Å². The van der Waals surface area contributed by atoms with E-state index in [4.69, 9.17) is 9.57 Å². The second kappa shape index (κ2) is 8.57. The predicted molar refractivity (Wildman–Crippen MR) is 111 cm³/mol. The molecule has 0 atom stereocenters. The van der Waals surface area contributed by atoms with Gasteiger partial charge in [-0.1, -0.05) is 17.8 Å². The van der Waals surface area contributed by atoms with Crippen molar-refractivity contribution >= 4 is 5.71 Å². The first-order chi connectivity index (χ1) is 13.5. The molecule has 1 heterocycles. The molecule has 5 heteroatoms. The molecule has 3 aromatic rings. The van der Waals surface area contributed by atoms with Gasteiger partial charge in [-0.15, -0.1) is 0 Å². The number of halogens is 1. The molecule has 1 aromatic heterocycles. The quantitative estimate of drug-likeness (QED) is 0.235. The van der Waals surface area contributed by atoms with Crippen LogP contribution in [-0.4, -0.2) is 24.0 Å². The molecule has 4 nitrogen and oxygen atoms in total. The Labute approximate surface area is 164 Å². The first-order valence-corrected chi connectivity index (χ1v) is 8.95. The van der Waals surface area contributed by atoms with Gasteiger partial charge < -0.3 is 14.1 Å². The molecule has 0 fully saturated rings. The van der Waals surface area contributed by atoms with Crippen molar-refractivity contribution < 1.29 is 14.0 Å². The van der Waals surface area contributed by atoms with Gasteiger partial charge in [0.2, 0.25) is 0 Å². The van der Waals surface area contributed by atoms with E-state index in [-0.39, 0.29) is 5.82 Å². The van der Waals surface area contributed by atoms with Crippen LogP contribution in [-0.2, 0) is 4.84 Å². The molecule has 0 unspecified atom stereocenters. The van der Waals surface area contributed by atoms with E-state index in [9.17, 15) is 4.39 Å². The molecular weight excluding hydrogens is 355 g/mol. The minimum absolute atomic E-state index is 0.265. The van der Waals surface area contributed by atoms with Crippen molar-refractivity contribution in [2.24, 2.45) is 5.16 Å². The number of rotatable bonds is 7. The third kappa shape index (κ3) is 3.98. The second-order valence-electron chi connectivity index (χ2n) is 6.33. The van der Waals surface area contributed by atoms with Crippen LogP contribution >= 0.6 is 0 Å². The lowest BCUT2D eigenvalue weighted by atomic mass is 10.1. The van der Waals surface area contributed by atoms with Crippen molar-refractivity contribution in [1.82, 2.24) is 4.57 Å².